The summed E-state index contributed by atoms with van der Waals surface area (Å²) in [6.07, 6.45) is 1.45. The van der Waals surface area contributed by atoms with Crippen molar-refractivity contribution in [3.8, 4) is 5.69 Å². The maximum Gasteiger partial charge on any atom is 0.344 e. The third-order valence-corrected chi connectivity index (χ3v) is 4.10. The van der Waals surface area contributed by atoms with Gasteiger partial charge >= 0.3 is 6.03 Å². The van der Waals surface area contributed by atoms with Crippen LogP contribution in [0.1, 0.15) is 22.4 Å². The SMILES string of the molecule is Cc1ccc(C)c(-n2nc(C)c(C=NN3CC(=O)NC3=O)c2Cl)c1. The Kier molecular flexibility index (Phi) is 4.11. The molecule has 0 unspecified atom stereocenters. The van der Waals surface area contributed by atoms with Crippen LogP contribution in [0.15, 0.2) is 23.3 Å². The van der Waals surface area contributed by atoms with Gasteiger partial charge in [0, 0.05) is 0 Å². The molecule has 8 heteroatoms. The fraction of sp³-hybridized carbons (Fsp3) is 0.250. The molecule has 0 aliphatic carbocycles. The number of halogens is 1. The number of hydrazone groups is 1. The van der Waals surface area contributed by atoms with Gasteiger partial charge in [0.15, 0.2) is 0 Å². The normalized spacial score (nSPS) is 14.8. The number of amides is 3. The predicted octanol–water partition coefficient (Wildman–Crippen LogP) is 2.34. The van der Waals surface area contributed by atoms with Crippen LogP contribution >= 0.6 is 11.6 Å². The molecule has 2 aromatic rings. The number of hydrogen-bond acceptors (Lipinski definition) is 4. The first-order valence-electron chi connectivity index (χ1n) is 7.35. The molecule has 3 rings (SSSR count). The van der Waals surface area contributed by atoms with Crippen molar-refractivity contribution in [1.29, 1.82) is 0 Å². The molecule has 1 aromatic carbocycles. The lowest BCUT2D eigenvalue weighted by Gasteiger charge is -2.08. The Balaban J connectivity index is 1.97. The number of nitrogens with zero attached hydrogens (tertiary/aromatic N) is 4. The van der Waals surface area contributed by atoms with Gasteiger partial charge in [-0.25, -0.2) is 14.5 Å². The number of carbonyl (C=O) groups is 2. The summed E-state index contributed by atoms with van der Waals surface area (Å²) in [6.45, 7) is 5.69. The molecule has 1 N–H and O–H groups in total. The molecule has 0 atom stereocenters. The molecule has 7 nitrogen and oxygen atoms in total. The van der Waals surface area contributed by atoms with Crippen molar-refractivity contribution < 1.29 is 9.59 Å². The summed E-state index contributed by atoms with van der Waals surface area (Å²) in [5.74, 6) is -0.383. The molecule has 124 valence electrons. The van der Waals surface area contributed by atoms with Crippen LogP contribution in [0, 0.1) is 20.8 Å². The van der Waals surface area contributed by atoms with Gasteiger partial charge in [0.2, 0.25) is 5.91 Å². The van der Waals surface area contributed by atoms with E-state index < -0.39 is 6.03 Å². The van der Waals surface area contributed by atoms with Crippen LogP contribution < -0.4 is 5.32 Å². The van der Waals surface area contributed by atoms with E-state index in [1.165, 1.54) is 6.21 Å². The molecule has 24 heavy (non-hydrogen) atoms. The first-order valence-corrected chi connectivity index (χ1v) is 7.72. The highest BCUT2D eigenvalue weighted by Gasteiger charge is 2.26. The molecule has 0 radical (unpaired) electrons. The van der Waals surface area contributed by atoms with Crippen LogP contribution in [0.25, 0.3) is 5.69 Å². The lowest BCUT2D eigenvalue weighted by molar-refractivity contribution is -0.118. The van der Waals surface area contributed by atoms with Gasteiger partial charge in [0.05, 0.1) is 23.2 Å². The van der Waals surface area contributed by atoms with Gasteiger partial charge in [-0.05, 0) is 38.0 Å². The number of aromatic nitrogens is 2. The fourth-order valence-electron chi connectivity index (χ4n) is 2.42. The minimum absolute atomic E-state index is 0.100. The molecule has 3 amide bonds. The number of imide groups is 1. The summed E-state index contributed by atoms with van der Waals surface area (Å²) in [6, 6.07) is 5.48. The molecule has 0 bridgehead atoms. The van der Waals surface area contributed by atoms with E-state index in [0.717, 1.165) is 21.8 Å². The number of nitrogens with one attached hydrogen (secondary N) is 1. The van der Waals surface area contributed by atoms with E-state index in [0.29, 0.717) is 16.4 Å². The van der Waals surface area contributed by atoms with Gasteiger partial charge < -0.3 is 0 Å². The van der Waals surface area contributed by atoms with E-state index in [-0.39, 0.29) is 12.5 Å². The molecule has 2 heterocycles. The molecule has 0 saturated carbocycles. The summed E-state index contributed by atoms with van der Waals surface area (Å²) < 4.78 is 1.65. The zero-order valence-corrected chi connectivity index (χ0v) is 14.3. The predicted molar refractivity (Wildman–Crippen MR) is 90.6 cm³/mol. The molecule has 1 aliphatic heterocycles. The molecule has 1 aliphatic rings. The maximum atomic E-state index is 11.5. The monoisotopic (exact) mass is 345 g/mol. The molecule has 0 spiro atoms. The van der Waals surface area contributed by atoms with E-state index in [1.807, 2.05) is 39.0 Å². The number of benzene rings is 1. The number of rotatable bonds is 3. The first kappa shape index (κ1) is 16.2. The summed E-state index contributed by atoms with van der Waals surface area (Å²) in [5.41, 5.74) is 4.30. The number of aryl methyl sites for hydroxylation is 3. The lowest BCUT2D eigenvalue weighted by Crippen LogP contribution is -2.24. The van der Waals surface area contributed by atoms with Gasteiger partial charge in [-0.15, -0.1) is 0 Å². The third kappa shape index (κ3) is 2.90. The van der Waals surface area contributed by atoms with Crippen LogP contribution in [0.5, 0.6) is 0 Å². The zero-order chi connectivity index (χ0) is 17.4. The van der Waals surface area contributed by atoms with Crippen LogP contribution in [-0.2, 0) is 4.79 Å². The standard InChI is InChI=1S/C16H16ClN5O2/c1-9-4-5-10(2)13(6-9)22-15(17)12(11(3)20-22)7-18-21-8-14(23)19-16(21)24/h4-7H,8H2,1-3H3,(H,19,23,24). The summed E-state index contributed by atoms with van der Waals surface area (Å²) in [7, 11) is 0. The van der Waals surface area contributed by atoms with E-state index in [2.05, 4.69) is 15.5 Å². The Bertz CT molecular complexity index is 872. The van der Waals surface area contributed by atoms with Gasteiger partial charge in [0.1, 0.15) is 11.7 Å². The Morgan fingerprint density at radius 1 is 1.29 bits per heavy atom. The van der Waals surface area contributed by atoms with Crippen molar-refractivity contribution in [2.45, 2.75) is 20.8 Å². The minimum Gasteiger partial charge on any atom is -0.275 e. The second kappa shape index (κ2) is 6.09. The largest absolute Gasteiger partial charge is 0.344 e. The van der Waals surface area contributed by atoms with Crippen molar-refractivity contribution in [2.24, 2.45) is 5.10 Å². The molecule has 1 saturated heterocycles. The number of urea groups is 1. The molecular formula is C16H16ClN5O2. The Hall–Kier alpha value is -2.67. The third-order valence-electron chi connectivity index (χ3n) is 3.74. The quantitative estimate of drug-likeness (QED) is 0.685. The Labute approximate surface area is 143 Å². The molecule has 1 fully saturated rings. The Morgan fingerprint density at radius 3 is 2.71 bits per heavy atom. The summed E-state index contributed by atoms with van der Waals surface area (Å²) in [4.78, 5) is 22.7. The average molecular weight is 346 g/mol. The molecular weight excluding hydrogens is 330 g/mol. The van der Waals surface area contributed by atoms with E-state index in [4.69, 9.17) is 11.6 Å². The van der Waals surface area contributed by atoms with E-state index in [1.54, 1.807) is 4.68 Å². The van der Waals surface area contributed by atoms with Crippen molar-refractivity contribution in [3.63, 3.8) is 0 Å². The zero-order valence-electron chi connectivity index (χ0n) is 13.5. The second-order valence-electron chi connectivity index (χ2n) is 5.65. The smallest absolute Gasteiger partial charge is 0.275 e. The topological polar surface area (TPSA) is 79.6 Å². The van der Waals surface area contributed by atoms with Crippen LogP contribution in [0.4, 0.5) is 4.79 Å². The minimum atomic E-state index is -0.549. The van der Waals surface area contributed by atoms with Gasteiger partial charge in [-0.1, -0.05) is 23.7 Å². The lowest BCUT2D eigenvalue weighted by atomic mass is 10.1. The van der Waals surface area contributed by atoms with Gasteiger partial charge in [0.25, 0.3) is 0 Å². The highest BCUT2D eigenvalue weighted by Crippen LogP contribution is 2.25. The van der Waals surface area contributed by atoms with Crippen molar-refractivity contribution in [1.82, 2.24) is 20.1 Å². The van der Waals surface area contributed by atoms with Crippen molar-refractivity contribution >= 4 is 29.8 Å². The van der Waals surface area contributed by atoms with Crippen molar-refractivity contribution in [3.05, 3.63) is 45.7 Å². The van der Waals surface area contributed by atoms with E-state index in [9.17, 15) is 9.59 Å². The second-order valence-corrected chi connectivity index (χ2v) is 6.01. The van der Waals surface area contributed by atoms with Gasteiger partial charge in [-0.2, -0.15) is 10.2 Å². The first-order chi connectivity index (χ1) is 11.4. The average Bonchev–Trinajstić information content (AvgIpc) is 2.99. The Morgan fingerprint density at radius 2 is 2.04 bits per heavy atom. The van der Waals surface area contributed by atoms with Crippen LogP contribution in [-0.4, -0.2) is 39.5 Å². The number of hydrogen-bond donors (Lipinski definition) is 1. The molecule has 1 aromatic heterocycles. The van der Waals surface area contributed by atoms with Crippen molar-refractivity contribution in [2.75, 3.05) is 6.54 Å². The van der Waals surface area contributed by atoms with Crippen LogP contribution in [0.2, 0.25) is 5.15 Å². The summed E-state index contributed by atoms with van der Waals surface area (Å²) in [5, 5.41) is 12.1. The highest BCUT2D eigenvalue weighted by atomic mass is 35.5. The number of carbonyl (C=O) groups excluding carboxylic acids is 2. The summed E-state index contributed by atoms with van der Waals surface area (Å²) >= 11 is 6.46. The fourth-order valence-corrected chi connectivity index (χ4v) is 2.73. The van der Waals surface area contributed by atoms with Crippen LogP contribution in [0.3, 0.4) is 0 Å². The highest BCUT2D eigenvalue weighted by molar-refractivity contribution is 6.32. The van der Waals surface area contributed by atoms with E-state index >= 15 is 0 Å². The maximum absolute atomic E-state index is 11.5. The van der Waals surface area contributed by atoms with Gasteiger partial charge in [-0.3, -0.25) is 10.1 Å².